The Labute approximate surface area is 271 Å². The Morgan fingerprint density at radius 1 is 0.739 bits per heavy atom. The number of hydrogen-bond donors (Lipinski definition) is 4. The smallest absolute Gasteiger partial charge is 0.272 e. The van der Waals surface area contributed by atoms with E-state index in [1.54, 1.807) is 97.9 Å². The molecule has 0 fully saturated rings. The summed E-state index contributed by atoms with van der Waals surface area (Å²) in [7, 11) is 3.04. The Bertz CT molecular complexity index is 1740. The number of methoxy groups -OCH3 is 2. The summed E-state index contributed by atoms with van der Waals surface area (Å²) < 4.78 is 10.8. The van der Waals surface area contributed by atoms with Crippen LogP contribution in [0.1, 0.15) is 29.8 Å². The molecule has 1 unspecified atom stereocenters. The number of benzene rings is 4. The third-order valence-corrected chi connectivity index (χ3v) is 7.61. The first-order chi connectivity index (χ1) is 22.1. The molecule has 236 valence electrons. The maximum absolute atomic E-state index is 13.6. The zero-order chi connectivity index (χ0) is 33.1. The molecule has 0 aliphatic carbocycles. The van der Waals surface area contributed by atoms with Gasteiger partial charge in [-0.05, 0) is 79.7 Å². The van der Waals surface area contributed by atoms with Gasteiger partial charge in [0, 0.05) is 46.1 Å². The average Bonchev–Trinajstić information content (AvgIpc) is 3.05. The highest BCUT2D eigenvalue weighted by molar-refractivity contribution is 8.00. The van der Waals surface area contributed by atoms with Crippen LogP contribution < -0.4 is 30.7 Å². The van der Waals surface area contributed by atoms with Gasteiger partial charge in [0.2, 0.25) is 11.8 Å². The number of carbonyl (C=O) groups excluding carboxylic acids is 4. The van der Waals surface area contributed by atoms with E-state index in [1.165, 1.54) is 39.0 Å². The molecular formula is C35H34N4O6S. The Hall–Kier alpha value is -5.55. The number of ether oxygens (including phenoxy) is 2. The van der Waals surface area contributed by atoms with Gasteiger partial charge in [-0.25, -0.2) is 0 Å². The van der Waals surface area contributed by atoms with Crippen molar-refractivity contribution in [1.29, 1.82) is 0 Å². The van der Waals surface area contributed by atoms with Gasteiger partial charge in [0.1, 0.15) is 17.2 Å². The van der Waals surface area contributed by atoms with Crippen molar-refractivity contribution in [2.75, 3.05) is 30.2 Å². The highest BCUT2D eigenvalue weighted by atomic mass is 32.2. The summed E-state index contributed by atoms with van der Waals surface area (Å²) in [5.41, 5.74) is 2.63. The number of nitrogens with one attached hydrogen (secondary N) is 4. The maximum Gasteiger partial charge on any atom is 0.272 e. The van der Waals surface area contributed by atoms with E-state index in [9.17, 15) is 19.2 Å². The zero-order valence-electron chi connectivity index (χ0n) is 25.8. The third-order valence-electron chi connectivity index (χ3n) is 6.52. The molecule has 0 radical (unpaired) electrons. The standard InChI is InChI=1S/C35H34N4O6S/c1-22(33(41)37-27-16-14-26(15-17-27)36-23(2)40)46-30-12-8-11-28(20-30)38-35(43)31(39-34(42)24-9-6-5-7-10-24)19-25-13-18-29(44-3)21-32(25)45-4/h5-22H,1-4H3,(H,36,40)(H,37,41)(H,38,43)(H,39,42)/b31-19+. The van der Waals surface area contributed by atoms with E-state index in [-0.39, 0.29) is 17.5 Å². The quantitative estimate of drug-likeness (QED) is 0.107. The molecule has 4 aromatic rings. The van der Waals surface area contributed by atoms with E-state index in [1.807, 2.05) is 6.07 Å². The largest absolute Gasteiger partial charge is 0.497 e. The lowest BCUT2D eigenvalue weighted by molar-refractivity contribution is -0.115. The van der Waals surface area contributed by atoms with Crippen LogP contribution in [0.5, 0.6) is 11.5 Å². The molecule has 4 amide bonds. The van der Waals surface area contributed by atoms with E-state index in [2.05, 4.69) is 21.3 Å². The molecule has 0 aliphatic heterocycles. The van der Waals surface area contributed by atoms with Gasteiger partial charge in [0.05, 0.1) is 19.5 Å². The molecule has 4 aromatic carbocycles. The van der Waals surface area contributed by atoms with Crippen molar-refractivity contribution in [3.63, 3.8) is 0 Å². The molecule has 10 nitrogen and oxygen atoms in total. The van der Waals surface area contributed by atoms with Crippen LogP contribution in [0.25, 0.3) is 6.08 Å². The van der Waals surface area contributed by atoms with Crippen LogP contribution in [0, 0.1) is 0 Å². The van der Waals surface area contributed by atoms with E-state index < -0.39 is 17.1 Å². The fourth-order valence-electron chi connectivity index (χ4n) is 4.22. The predicted molar refractivity (Wildman–Crippen MR) is 181 cm³/mol. The molecule has 0 heterocycles. The van der Waals surface area contributed by atoms with Crippen molar-refractivity contribution in [2.24, 2.45) is 0 Å². The van der Waals surface area contributed by atoms with Gasteiger partial charge in [0.15, 0.2) is 0 Å². The predicted octanol–water partition coefficient (Wildman–Crippen LogP) is 6.19. The molecule has 4 rings (SSSR count). The third kappa shape index (κ3) is 9.47. The number of carbonyl (C=O) groups is 4. The van der Waals surface area contributed by atoms with Crippen LogP contribution in [0.3, 0.4) is 0 Å². The number of hydrogen-bond acceptors (Lipinski definition) is 7. The molecular weight excluding hydrogens is 604 g/mol. The summed E-state index contributed by atoms with van der Waals surface area (Å²) in [4.78, 5) is 51.5. The molecule has 0 aromatic heterocycles. The molecule has 4 N–H and O–H groups in total. The number of rotatable bonds is 12. The Balaban J connectivity index is 1.49. The first kappa shape index (κ1) is 33.3. The topological polar surface area (TPSA) is 135 Å². The van der Waals surface area contributed by atoms with Gasteiger partial charge >= 0.3 is 0 Å². The van der Waals surface area contributed by atoms with Crippen molar-refractivity contribution in [1.82, 2.24) is 5.32 Å². The zero-order valence-corrected chi connectivity index (χ0v) is 26.6. The van der Waals surface area contributed by atoms with Crippen molar-refractivity contribution < 1.29 is 28.7 Å². The van der Waals surface area contributed by atoms with Gasteiger partial charge < -0.3 is 30.7 Å². The van der Waals surface area contributed by atoms with E-state index in [4.69, 9.17) is 9.47 Å². The molecule has 0 spiro atoms. The Morgan fingerprint density at radius 2 is 1.43 bits per heavy atom. The summed E-state index contributed by atoms with van der Waals surface area (Å²) in [6, 6.07) is 27.6. The second-order valence-corrected chi connectivity index (χ2v) is 11.4. The highest BCUT2D eigenvalue weighted by Crippen LogP contribution is 2.29. The summed E-state index contributed by atoms with van der Waals surface area (Å²) >= 11 is 1.32. The van der Waals surface area contributed by atoms with Crippen molar-refractivity contribution in [2.45, 2.75) is 24.0 Å². The van der Waals surface area contributed by atoms with Crippen LogP contribution in [-0.2, 0) is 14.4 Å². The first-order valence-corrected chi connectivity index (χ1v) is 15.1. The van der Waals surface area contributed by atoms with Gasteiger partial charge in [-0.2, -0.15) is 0 Å². The average molecular weight is 639 g/mol. The minimum Gasteiger partial charge on any atom is -0.497 e. The SMILES string of the molecule is COc1ccc(/C=C(/NC(=O)c2ccccc2)C(=O)Nc2cccc(SC(C)C(=O)Nc3ccc(NC(C)=O)cc3)c2)c(OC)c1. The van der Waals surface area contributed by atoms with Crippen LogP contribution >= 0.6 is 11.8 Å². The highest BCUT2D eigenvalue weighted by Gasteiger charge is 2.18. The Morgan fingerprint density at radius 3 is 2.09 bits per heavy atom. The van der Waals surface area contributed by atoms with Gasteiger partial charge in [0.25, 0.3) is 11.8 Å². The van der Waals surface area contributed by atoms with E-state index in [0.29, 0.717) is 39.7 Å². The lowest BCUT2D eigenvalue weighted by Crippen LogP contribution is -2.30. The van der Waals surface area contributed by atoms with Crippen molar-refractivity contribution in [3.8, 4) is 11.5 Å². The van der Waals surface area contributed by atoms with Crippen molar-refractivity contribution >= 4 is 58.5 Å². The summed E-state index contributed by atoms with van der Waals surface area (Å²) in [5.74, 6) is -0.379. The van der Waals surface area contributed by atoms with E-state index in [0.717, 1.165) is 4.90 Å². The number of thioether (sulfide) groups is 1. The van der Waals surface area contributed by atoms with Crippen LogP contribution in [0.4, 0.5) is 17.1 Å². The van der Waals surface area contributed by atoms with E-state index >= 15 is 0 Å². The van der Waals surface area contributed by atoms with Gasteiger partial charge in [-0.3, -0.25) is 19.2 Å². The summed E-state index contributed by atoms with van der Waals surface area (Å²) in [5, 5.41) is 10.7. The van der Waals surface area contributed by atoms with Gasteiger partial charge in [-0.15, -0.1) is 11.8 Å². The molecule has 0 aliphatic rings. The second-order valence-electron chi connectivity index (χ2n) is 9.98. The van der Waals surface area contributed by atoms with Crippen LogP contribution in [-0.4, -0.2) is 43.1 Å². The minimum absolute atomic E-state index is 0.00681. The summed E-state index contributed by atoms with van der Waals surface area (Å²) in [6.07, 6.45) is 1.53. The lowest BCUT2D eigenvalue weighted by atomic mass is 10.1. The fraction of sp³-hybridized carbons (Fsp3) is 0.143. The molecule has 11 heteroatoms. The molecule has 1 atom stereocenters. The lowest BCUT2D eigenvalue weighted by Gasteiger charge is -2.15. The fourth-order valence-corrected chi connectivity index (χ4v) is 5.15. The molecule has 0 bridgehead atoms. The first-order valence-electron chi connectivity index (χ1n) is 14.2. The molecule has 46 heavy (non-hydrogen) atoms. The number of amides is 4. The monoisotopic (exact) mass is 638 g/mol. The summed E-state index contributed by atoms with van der Waals surface area (Å²) in [6.45, 7) is 3.20. The van der Waals surface area contributed by atoms with Crippen LogP contribution in [0.15, 0.2) is 108 Å². The number of anilines is 3. The second kappa shape index (κ2) is 16.0. The molecule has 0 saturated heterocycles. The minimum atomic E-state index is -0.558. The van der Waals surface area contributed by atoms with Gasteiger partial charge in [-0.1, -0.05) is 24.3 Å². The maximum atomic E-state index is 13.6. The van der Waals surface area contributed by atoms with Crippen molar-refractivity contribution in [3.05, 3.63) is 114 Å². The normalized spacial score (nSPS) is 11.5. The Kier molecular flexibility index (Phi) is 11.6. The molecule has 0 saturated carbocycles. The van der Waals surface area contributed by atoms with Crippen LogP contribution in [0.2, 0.25) is 0 Å².